The van der Waals surface area contributed by atoms with Gasteiger partial charge in [-0.1, -0.05) is 6.07 Å². The van der Waals surface area contributed by atoms with Gasteiger partial charge in [-0.2, -0.15) is 0 Å². The third-order valence-corrected chi connectivity index (χ3v) is 2.21. The number of methoxy groups -OCH3 is 1. The number of cyclic esters (lactones) is 1. The topological polar surface area (TPSA) is 47.9 Å². The molecule has 0 fully saturated rings. The molecule has 1 aromatic carbocycles. The highest BCUT2D eigenvalue weighted by Gasteiger charge is 2.19. The van der Waals surface area contributed by atoms with Gasteiger partial charge < -0.3 is 9.47 Å². The molecular weight excluding hydrogens is 225 g/mol. The van der Waals surface area contributed by atoms with Crippen LogP contribution in [-0.2, 0) is 9.53 Å². The summed E-state index contributed by atoms with van der Waals surface area (Å²) in [6.45, 7) is 1.58. The van der Waals surface area contributed by atoms with Crippen LogP contribution in [0.25, 0.3) is 6.08 Å². The lowest BCUT2D eigenvalue weighted by Crippen LogP contribution is -1.99. The Hall–Kier alpha value is -2.17. The summed E-state index contributed by atoms with van der Waals surface area (Å²) in [6, 6.07) is 4.38. The third kappa shape index (κ3) is 2.33. The molecule has 0 unspecified atom stereocenters. The first-order valence-electron chi connectivity index (χ1n) is 4.93. The van der Waals surface area contributed by atoms with Crippen LogP contribution >= 0.6 is 0 Å². The molecule has 0 radical (unpaired) electrons. The lowest BCUT2D eigenvalue weighted by molar-refractivity contribution is -0.130. The average Bonchev–Trinajstić information content (AvgIpc) is 2.58. The number of hydrogen-bond acceptors (Lipinski definition) is 4. The molecule has 1 aliphatic rings. The molecule has 0 amide bonds. The van der Waals surface area contributed by atoms with E-state index >= 15 is 0 Å². The van der Waals surface area contributed by atoms with E-state index in [1.165, 1.54) is 25.3 Å². The number of hydrogen-bond donors (Lipinski definition) is 0. The van der Waals surface area contributed by atoms with Crippen molar-refractivity contribution in [2.75, 3.05) is 7.11 Å². The Morgan fingerprint density at radius 2 is 2.24 bits per heavy atom. The molecule has 0 spiro atoms. The maximum absolute atomic E-state index is 13.4. The highest BCUT2D eigenvalue weighted by molar-refractivity contribution is 6.06. The van der Waals surface area contributed by atoms with Gasteiger partial charge in [0.2, 0.25) is 0 Å². The first-order valence-corrected chi connectivity index (χ1v) is 4.93. The fraction of sp³-hybridized carbons (Fsp3) is 0.167. The van der Waals surface area contributed by atoms with E-state index in [4.69, 9.17) is 9.47 Å². The van der Waals surface area contributed by atoms with E-state index in [1.807, 2.05) is 0 Å². The molecule has 5 heteroatoms. The summed E-state index contributed by atoms with van der Waals surface area (Å²) in [6.07, 6.45) is 1.46. The predicted molar refractivity (Wildman–Crippen MR) is 60.1 cm³/mol. The van der Waals surface area contributed by atoms with Gasteiger partial charge in [-0.15, -0.1) is 0 Å². The minimum absolute atomic E-state index is 0.154. The van der Waals surface area contributed by atoms with E-state index in [-0.39, 0.29) is 17.3 Å². The Labute approximate surface area is 97.4 Å². The maximum atomic E-state index is 13.4. The average molecular weight is 235 g/mol. The molecule has 0 aliphatic carbocycles. The molecule has 0 atom stereocenters. The molecule has 2 rings (SSSR count). The summed E-state index contributed by atoms with van der Waals surface area (Å²) in [4.78, 5) is 15.2. The van der Waals surface area contributed by atoms with Gasteiger partial charge in [0, 0.05) is 6.92 Å². The van der Waals surface area contributed by atoms with E-state index in [0.29, 0.717) is 5.56 Å². The van der Waals surface area contributed by atoms with Gasteiger partial charge in [-0.05, 0) is 23.8 Å². The molecule has 4 nitrogen and oxygen atoms in total. The Morgan fingerprint density at radius 1 is 1.47 bits per heavy atom. The zero-order chi connectivity index (χ0) is 12.4. The van der Waals surface area contributed by atoms with Crippen LogP contribution < -0.4 is 4.74 Å². The smallest absolute Gasteiger partial charge is 0.363 e. The summed E-state index contributed by atoms with van der Waals surface area (Å²) < 4.78 is 22.9. The first kappa shape index (κ1) is 11.3. The SMILES string of the molecule is COc1ccc(/C=C2/N=C(C)OC2=O)cc1F. The van der Waals surface area contributed by atoms with Crippen molar-refractivity contribution in [1.82, 2.24) is 0 Å². The number of carbonyl (C=O) groups excluding carboxylic acids is 1. The van der Waals surface area contributed by atoms with Gasteiger partial charge in [0.05, 0.1) is 7.11 Å². The number of benzene rings is 1. The molecule has 0 N–H and O–H groups in total. The molecule has 17 heavy (non-hydrogen) atoms. The van der Waals surface area contributed by atoms with Crippen LogP contribution in [-0.4, -0.2) is 19.0 Å². The number of ether oxygens (including phenoxy) is 2. The summed E-state index contributed by atoms with van der Waals surface area (Å²) in [7, 11) is 1.39. The zero-order valence-corrected chi connectivity index (χ0v) is 9.36. The molecule has 88 valence electrons. The summed E-state index contributed by atoms with van der Waals surface area (Å²) in [5, 5.41) is 0. The fourth-order valence-corrected chi connectivity index (χ4v) is 1.45. The largest absolute Gasteiger partial charge is 0.494 e. The second-order valence-corrected chi connectivity index (χ2v) is 3.44. The highest BCUT2D eigenvalue weighted by Crippen LogP contribution is 2.21. The second-order valence-electron chi connectivity index (χ2n) is 3.44. The van der Waals surface area contributed by atoms with Gasteiger partial charge in [0.15, 0.2) is 23.2 Å². The van der Waals surface area contributed by atoms with Gasteiger partial charge in [0.1, 0.15) is 0 Å². The van der Waals surface area contributed by atoms with Gasteiger partial charge in [0.25, 0.3) is 0 Å². The van der Waals surface area contributed by atoms with Crippen molar-refractivity contribution in [3.8, 4) is 5.75 Å². The molecule has 1 aromatic rings. The van der Waals surface area contributed by atoms with Crippen LogP contribution in [0.5, 0.6) is 5.75 Å². The lowest BCUT2D eigenvalue weighted by Gasteiger charge is -2.01. The van der Waals surface area contributed by atoms with Crippen LogP contribution in [0.1, 0.15) is 12.5 Å². The normalized spacial score (nSPS) is 17.0. The molecule has 1 aliphatic heterocycles. The predicted octanol–water partition coefficient (Wildman–Crippen LogP) is 2.15. The summed E-state index contributed by atoms with van der Waals surface area (Å²) in [5.41, 5.74) is 0.681. The summed E-state index contributed by atoms with van der Waals surface area (Å²) >= 11 is 0. The van der Waals surface area contributed by atoms with Crippen LogP contribution in [0.15, 0.2) is 28.9 Å². The molecule has 1 heterocycles. The van der Waals surface area contributed by atoms with E-state index < -0.39 is 11.8 Å². The Kier molecular flexibility index (Phi) is 2.91. The standard InChI is InChI=1S/C12H10FNO3/c1-7-14-10(12(15)17-7)6-8-3-4-11(16-2)9(13)5-8/h3-6H,1-2H3/b10-6+. The van der Waals surface area contributed by atoms with Gasteiger partial charge in [-0.25, -0.2) is 14.2 Å². The fourth-order valence-electron chi connectivity index (χ4n) is 1.45. The van der Waals surface area contributed by atoms with Crippen molar-refractivity contribution in [3.63, 3.8) is 0 Å². The number of carbonyl (C=O) groups is 1. The van der Waals surface area contributed by atoms with E-state index in [9.17, 15) is 9.18 Å². The second kappa shape index (κ2) is 4.37. The molecule has 0 saturated carbocycles. The van der Waals surface area contributed by atoms with E-state index in [0.717, 1.165) is 0 Å². The molecule has 0 bridgehead atoms. The monoisotopic (exact) mass is 235 g/mol. The minimum Gasteiger partial charge on any atom is -0.494 e. The molecule has 0 aromatic heterocycles. The van der Waals surface area contributed by atoms with Crippen molar-refractivity contribution in [1.29, 1.82) is 0 Å². The number of nitrogens with zero attached hydrogens (tertiary/aromatic N) is 1. The Bertz CT molecular complexity index is 535. The maximum Gasteiger partial charge on any atom is 0.363 e. The molecule has 0 saturated heterocycles. The first-order chi connectivity index (χ1) is 8.10. The van der Waals surface area contributed by atoms with Crippen LogP contribution in [0, 0.1) is 5.82 Å². The number of aliphatic imine (C=N–C) groups is 1. The van der Waals surface area contributed by atoms with Crippen LogP contribution in [0.4, 0.5) is 4.39 Å². The van der Waals surface area contributed by atoms with Gasteiger partial charge in [-0.3, -0.25) is 0 Å². The van der Waals surface area contributed by atoms with E-state index in [2.05, 4.69) is 4.99 Å². The lowest BCUT2D eigenvalue weighted by atomic mass is 10.2. The highest BCUT2D eigenvalue weighted by atomic mass is 19.1. The Balaban J connectivity index is 2.33. The van der Waals surface area contributed by atoms with Gasteiger partial charge >= 0.3 is 5.97 Å². The van der Waals surface area contributed by atoms with Crippen LogP contribution in [0.3, 0.4) is 0 Å². The van der Waals surface area contributed by atoms with Crippen molar-refractivity contribution in [2.24, 2.45) is 4.99 Å². The number of rotatable bonds is 2. The third-order valence-electron chi connectivity index (χ3n) is 2.21. The van der Waals surface area contributed by atoms with Crippen molar-refractivity contribution in [2.45, 2.75) is 6.92 Å². The molecular formula is C12H10FNO3. The van der Waals surface area contributed by atoms with Crippen molar-refractivity contribution >= 4 is 17.9 Å². The number of esters is 1. The van der Waals surface area contributed by atoms with Crippen LogP contribution in [0.2, 0.25) is 0 Å². The number of halogens is 1. The Morgan fingerprint density at radius 3 is 2.76 bits per heavy atom. The quantitative estimate of drug-likeness (QED) is 0.583. The van der Waals surface area contributed by atoms with Crippen molar-refractivity contribution < 1.29 is 18.7 Å². The van der Waals surface area contributed by atoms with E-state index in [1.54, 1.807) is 13.0 Å². The zero-order valence-electron chi connectivity index (χ0n) is 9.36. The minimum atomic E-state index is -0.529. The summed E-state index contributed by atoms with van der Waals surface area (Å²) in [5.74, 6) is -0.580. The van der Waals surface area contributed by atoms with Crippen molar-refractivity contribution in [3.05, 3.63) is 35.3 Å².